The van der Waals surface area contributed by atoms with Crippen molar-refractivity contribution in [1.29, 1.82) is 0 Å². The number of hydrogen-bond donors (Lipinski definition) is 2. The lowest BCUT2D eigenvalue weighted by Gasteiger charge is -2.19. The number of carbonyl (C=O) groups excluding carboxylic acids is 1. The molecule has 1 saturated carbocycles. The quantitative estimate of drug-likeness (QED) is 0.644. The smallest absolute Gasteiger partial charge is 0.244 e. The van der Waals surface area contributed by atoms with Crippen LogP contribution in [0, 0.1) is 5.92 Å². The van der Waals surface area contributed by atoms with Crippen molar-refractivity contribution in [1.82, 2.24) is 5.32 Å². The van der Waals surface area contributed by atoms with Gasteiger partial charge >= 0.3 is 0 Å². The van der Waals surface area contributed by atoms with Crippen LogP contribution in [0.5, 0.6) is 0 Å². The van der Waals surface area contributed by atoms with E-state index in [0.717, 1.165) is 11.3 Å². The van der Waals surface area contributed by atoms with E-state index >= 15 is 0 Å². The second-order valence-electron chi connectivity index (χ2n) is 5.34. The van der Waals surface area contributed by atoms with Gasteiger partial charge in [0, 0.05) is 17.8 Å². The van der Waals surface area contributed by atoms with Crippen molar-refractivity contribution in [3.63, 3.8) is 0 Å². The summed E-state index contributed by atoms with van der Waals surface area (Å²) < 4.78 is 0. The first kappa shape index (κ1) is 13.7. The highest BCUT2D eigenvalue weighted by molar-refractivity contribution is 5.91. The molecule has 102 valence electrons. The zero-order chi connectivity index (χ0) is 13.7. The second kappa shape index (κ2) is 6.41. The zero-order valence-electron chi connectivity index (χ0n) is 11.4. The third-order valence-electron chi connectivity index (χ3n) is 3.84. The lowest BCUT2D eigenvalue weighted by molar-refractivity contribution is -0.117. The largest absolute Gasteiger partial charge is 0.399 e. The van der Waals surface area contributed by atoms with E-state index < -0.39 is 0 Å². The van der Waals surface area contributed by atoms with Gasteiger partial charge in [-0.1, -0.05) is 25.0 Å². The lowest BCUT2D eigenvalue weighted by Crippen LogP contribution is -2.36. The van der Waals surface area contributed by atoms with Crippen molar-refractivity contribution < 1.29 is 4.79 Å². The number of benzene rings is 1. The van der Waals surface area contributed by atoms with Gasteiger partial charge in [-0.25, -0.2) is 0 Å². The third kappa shape index (κ3) is 4.12. The van der Waals surface area contributed by atoms with Crippen molar-refractivity contribution >= 4 is 17.7 Å². The first-order chi connectivity index (χ1) is 9.15. The molecule has 3 heteroatoms. The predicted molar refractivity (Wildman–Crippen MR) is 79.5 cm³/mol. The Morgan fingerprint density at radius 2 is 1.95 bits per heavy atom. The highest BCUT2D eigenvalue weighted by Gasteiger charge is 2.21. The molecule has 3 nitrogen and oxygen atoms in total. The fraction of sp³-hybridized carbons (Fsp3) is 0.438. The minimum Gasteiger partial charge on any atom is -0.399 e. The summed E-state index contributed by atoms with van der Waals surface area (Å²) in [7, 11) is 0. The van der Waals surface area contributed by atoms with Gasteiger partial charge in [-0.3, -0.25) is 4.79 Å². The molecule has 0 heterocycles. The first-order valence-electron chi connectivity index (χ1n) is 6.99. The van der Waals surface area contributed by atoms with Crippen LogP contribution in [-0.4, -0.2) is 11.9 Å². The summed E-state index contributed by atoms with van der Waals surface area (Å²) in [5, 5.41) is 3.05. The van der Waals surface area contributed by atoms with Crippen LogP contribution >= 0.6 is 0 Å². The zero-order valence-corrected chi connectivity index (χ0v) is 11.4. The van der Waals surface area contributed by atoms with Gasteiger partial charge in [0.1, 0.15) is 0 Å². The Kier molecular flexibility index (Phi) is 4.61. The number of anilines is 1. The maximum atomic E-state index is 11.8. The lowest BCUT2D eigenvalue weighted by atomic mass is 10.00. The Labute approximate surface area is 114 Å². The van der Waals surface area contributed by atoms with Gasteiger partial charge in [0.25, 0.3) is 0 Å². The Bertz CT molecular complexity index is 444. The van der Waals surface area contributed by atoms with Gasteiger partial charge in [0.2, 0.25) is 5.91 Å². The maximum absolute atomic E-state index is 11.8. The fourth-order valence-electron chi connectivity index (χ4n) is 2.63. The summed E-state index contributed by atoms with van der Waals surface area (Å²) in [6, 6.07) is 7.74. The molecule has 19 heavy (non-hydrogen) atoms. The van der Waals surface area contributed by atoms with Gasteiger partial charge in [0.15, 0.2) is 0 Å². The molecule has 1 aromatic rings. The van der Waals surface area contributed by atoms with Gasteiger partial charge < -0.3 is 11.1 Å². The van der Waals surface area contributed by atoms with Crippen LogP contribution in [-0.2, 0) is 4.79 Å². The predicted octanol–water partition coefficient (Wildman–Crippen LogP) is 2.98. The van der Waals surface area contributed by atoms with Crippen LogP contribution in [0.2, 0.25) is 0 Å². The van der Waals surface area contributed by atoms with Crippen molar-refractivity contribution in [2.45, 2.75) is 38.6 Å². The number of nitrogens with one attached hydrogen (secondary N) is 1. The van der Waals surface area contributed by atoms with E-state index in [2.05, 4.69) is 12.2 Å². The van der Waals surface area contributed by atoms with Crippen LogP contribution in [0.15, 0.2) is 30.3 Å². The molecule has 0 aliphatic heterocycles. The van der Waals surface area contributed by atoms with E-state index in [1.165, 1.54) is 25.7 Å². The molecule has 0 aromatic heterocycles. The highest BCUT2D eigenvalue weighted by Crippen LogP contribution is 2.27. The average Bonchev–Trinajstić information content (AvgIpc) is 2.92. The molecule has 2 rings (SSSR count). The molecule has 1 amide bonds. The van der Waals surface area contributed by atoms with Crippen molar-refractivity contribution in [3.8, 4) is 0 Å². The Morgan fingerprint density at radius 1 is 1.32 bits per heavy atom. The number of rotatable bonds is 4. The van der Waals surface area contributed by atoms with E-state index in [9.17, 15) is 4.79 Å². The van der Waals surface area contributed by atoms with Gasteiger partial charge in [0.05, 0.1) is 0 Å². The molecule has 0 unspecified atom stereocenters. The minimum atomic E-state index is -0.0174. The monoisotopic (exact) mass is 258 g/mol. The number of nitrogens with two attached hydrogens (primary N) is 1. The topological polar surface area (TPSA) is 55.1 Å². The SMILES string of the molecule is C[C@H](NC(=O)/C=C/c1ccc(N)cc1)C1CCCC1. The van der Waals surface area contributed by atoms with Crippen LogP contribution in [0.3, 0.4) is 0 Å². The van der Waals surface area contributed by atoms with Gasteiger partial charge in [-0.2, -0.15) is 0 Å². The average molecular weight is 258 g/mol. The molecule has 0 bridgehead atoms. The van der Waals surface area contributed by atoms with Crippen LogP contribution < -0.4 is 11.1 Å². The third-order valence-corrected chi connectivity index (χ3v) is 3.84. The van der Waals surface area contributed by atoms with E-state index in [-0.39, 0.29) is 11.9 Å². The molecule has 1 aliphatic carbocycles. The van der Waals surface area contributed by atoms with E-state index in [1.54, 1.807) is 6.08 Å². The van der Waals surface area contributed by atoms with E-state index in [1.807, 2.05) is 30.3 Å². The Morgan fingerprint density at radius 3 is 2.58 bits per heavy atom. The Balaban J connectivity index is 1.84. The normalized spacial score (nSPS) is 17.7. The molecule has 1 aliphatic rings. The maximum Gasteiger partial charge on any atom is 0.244 e. The second-order valence-corrected chi connectivity index (χ2v) is 5.34. The molecular weight excluding hydrogens is 236 g/mol. The molecule has 3 N–H and O–H groups in total. The van der Waals surface area contributed by atoms with Gasteiger partial charge in [-0.05, 0) is 49.5 Å². The van der Waals surface area contributed by atoms with Crippen molar-refractivity contribution in [2.75, 3.05) is 5.73 Å². The summed E-state index contributed by atoms with van der Waals surface area (Å²) >= 11 is 0. The standard InChI is InChI=1S/C16H22N2O/c1-12(14-4-2-3-5-14)18-16(19)11-8-13-6-9-15(17)10-7-13/h6-12,14H,2-5,17H2,1H3,(H,18,19)/b11-8+/t12-/m0/s1. The van der Waals surface area contributed by atoms with E-state index in [4.69, 9.17) is 5.73 Å². The van der Waals surface area contributed by atoms with E-state index in [0.29, 0.717) is 5.92 Å². The van der Waals surface area contributed by atoms with Gasteiger partial charge in [-0.15, -0.1) is 0 Å². The molecule has 0 radical (unpaired) electrons. The molecular formula is C16H22N2O. The molecule has 1 atom stereocenters. The van der Waals surface area contributed by atoms with Crippen LogP contribution in [0.4, 0.5) is 5.69 Å². The van der Waals surface area contributed by atoms with Crippen LogP contribution in [0.25, 0.3) is 6.08 Å². The van der Waals surface area contributed by atoms with Crippen molar-refractivity contribution in [3.05, 3.63) is 35.9 Å². The Hall–Kier alpha value is -1.77. The summed E-state index contributed by atoms with van der Waals surface area (Å²) in [4.78, 5) is 11.8. The summed E-state index contributed by atoms with van der Waals surface area (Å²) in [6.45, 7) is 2.10. The number of hydrogen-bond acceptors (Lipinski definition) is 2. The summed E-state index contributed by atoms with van der Waals surface area (Å²) in [5.41, 5.74) is 7.33. The number of amides is 1. The molecule has 1 fully saturated rings. The highest BCUT2D eigenvalue weighted by atomic mass is 16.1. The number of carbonyl (C=O) groups is 1. The minimum absolute atomic E-state index is 0.0174. The summed E-state index contributed by atoms with van der Waals surface area (Å²) in [6.07, 6.45) is 8.48. The first-order valence-corrected chi connectivity index (χ1v) is 6.99. The van der Waals surface area contributed by atoms with Crippen molar-refractivity contribution in [2.24, 2.45) is 5.92 Å². The number of nitrogen functional groups attached to an aromatic ring is 1. The van der Waals surface area contributed by atoms with Crippen LogP contribution in [0.1, 0.15) is 38.2 Å². The molecule has 1 aromatic carbocycles. The summed E-state index contributed by atoms with van der Waals surface area (Å²) in [5.74, 6) is 0.630. The fourth-order valence-corrected chi connectivity index (χ4v) is 2.63. The molecule has 0 saturated heterocycles. The molecule has 0 spiro atoms.